The summed E-state index contributed by atoms with van der Waals surface area (Å²) in [4.78, 5) is 4.21. The van der Waals surface area contributed by atoms with Crippen LogP contribution in [0.1, 0.15) is 5.56 Å². The van der Waals surface area contributed by atoms with Crippen LogP contribution in [0.15, 0.2) is 71.2 Å². The first kappa shape index (κ1) is 16.4. The van der Waals surface area contributed by atoms with Crippen molar-refractivity contribution in [2.45, 2.75) is 0 Å². The van der Waals surface area contributed by atoms with Crippen LogP contribution in [0.4, 0.5) is 17.2 Å². The summed E-state index contributed by atoms with van der Waals surface area (Å²) in [5, 5.41) is 24.7. The number of aromatic nitrogens is 3. The fourth-order valence-corrected chi connectivity index (χ4v) is 2.72. The fourth-order valence-electron chi connectivity index (χ4n) is 2.72. The van der Waals surface area contributed by atoms with Crippen molar-refractivity contribution in [1.82, 2.24) is 15.2 Å². The maximum absolute atomic E-state index is 7.43. The molecule has 132 valence electrons. The van der Waals surface area contributed by atoms with Crippen molar-refractivity contribution in [2.24, 2.45) is 16.0 Å². The summed E-state index contributed by atoms with van der Waals surface area (Å²) in [7, 11) is 0. The molecule has 4 aromatic rings. The van der Waals surface area contributed by atoms with Gasteiger partial charge in [-0.2, -0.15) is 10.2 Å². The van der Waals surface area contributed by atoms with E-state index in [1.165, 1.54) is 0 Å². The Balaban J connectivity index is 1.76. The number of H-pyrrole nitrogens is 1. The number of azo groups is 1. The van der Waals surface area contributed by atoms with Crippen LogP contribution in [0.2, 0.25) is 0 Å². The number of anilines is 1. The summed E-state index contributed by atoms with van der Waals surface area (Å²) < 4.78 is 0. The molecule has 2 aromatic carbocycles. The second-order valence-electron chi connectivity index (χ2n) is 5.92. The Hall–Kier alpha value is -4.07. The van der Waals surface area contributed by atoms with Crippen LogP contribution in [-0.2, 0) is 0 Å². The first-order chi connectivity index (χ1) is 13.1. The van der Waals surface area contributed by atoms with E-state index in [2.05, 4.69) is 25.4 Å². The molecule has 0 aliphatic heterocycles. The van der Waals surface area contributed by atoms with Crippen LogP contribution in [0.5, 0.6) is 0 Å². The van der Waals surface area contributed by atoms with Gasteiger partial charge in [-0.15, -0.1) is 5.11 Å². The standard InChI is InChI=1S/C19H16N8/c20-18(21)11-3-5-14(6-4-11)25-27-17-15-9-12(16-7-8-24-26-16)1-2-13(15)10-23-19(17)22/h1-10H,(H3,20,21)(H2,22,23)(H,24,26). The molecule has 0 spiro atoms. The van der Waals surface area contributed by atoms with Gasteiger partial charge < -0.3 is 11.5 Å². The molecule has 0 unspecified atom stereocenters. The van der Waals surface area contributed by atoms with Gasteiger partial charge in [-0.1, -0.05) is 12.1 Å². The number of rotatable bonds is 4. The number of nitrogens with zero attached hydrogens (tertiary/aromatic N) is 4. The monoisotopic (exact) mass is 356 g/mol. The van der Waals surface area contributed by atoms with Crippen molar-refractivity contribution in [3.05, 3.63) is 66.5 Å². The van der Waals surface area contributed by atoms with Crippen LogP contribution in [0.25, 0.3) is 22.0 Å². The van der Waals surface area contributed by atoms with Gasteiger partial charge in [0.1, 0.15) is 11.5 Å². The van der Waals surface area contributed by atoms with Crippen LogP contribution >= 0.6 is 0 Å². The van der Waals surface area contributed by atoms with Gasteiger partial charge in [0.25, 0.3) is 0 Å². The van der Waals surface area contributed by atoms with Gasteiger partial charge in [0.2, 0.25) is 0 Å². The molecule has 2 aromatic heterocycles. The average molecular weight is 356 g/mol. The number of hydrogen-bond donors (Lipinski definition) is 4. The quantitative estimate of drug-likeness (QED) is 0.250. The normalized spacial score (nSPS) is 11.3. The topological polar surface area (TPSA) is 142 Å². The molecular weight excluding hydrogens is 340 g/mol. The number of hydrogen-bond acceptors (Lipinski definition) is 6. The van der Waals surface area contributed by atoms with E-state index in [1.54, 1.807) is 36.7 Å². The Kier molecular flexibility index (Phi) is 4.06. The van der Waals surface area contributed by atoms with E-state index < -0.39 is 0 Å². The second kappa shape index (κ2) is 6.68. The van der Waals surface area contributed by atoms with Crippen molar-refractivity contribution < 1.29 is 0 Å². The van der Waals surface area contributed by atoms with Crippen LogP contribution in [0.3, 0.4) is 0 Å². The van der Waals surface area contributed by atoms with Crippen molar-refractivity contribution in [3.63, 3.8) is 0 Å². The summed E-state index contributed by atoms with van der Waals surface area (Å²) in [5.74, 6) is 0.306. The smallest absolute Gasteiger partial charge is 0.151 e. The molecule has 0 aliphatic carbocycles. The lowest BCUT2D eigenvalue weighted by Gasteiger charge is -2.06. The first-order valence-electron chi connectivity index (χ1n) is 8.16. The molecule has 4 rings (SSSR count). The highest BCUT2D eigenvalue weighted by atomic mass is 15.1. The zero-order chi connectivity index (χ0) is 18.8. The molecule has 8 heteroatoms. The Morgan fingerprint density at radius 2 is 1.85 bits per heavy atom. The number of nitrogens with one attached hydrogen (secondary N) is 2. The predicted molar refractivity (Wildman–Crippen MR) is 105 cm³/mol. The molecular formula is C19H16N8. The zero-order valence-corrected chi connectivity index (χ0v) is 14.2. The Morgan fingerprint density at radius 3 is 2.56 bits per heavy atom. The van der Waals surface area contributed by atoms with Gasteiger partial charge in [0.15, 0.2) is 5.82 Å². The van der Waals surface area contributed by atoms with Crippen molar-refractivity contribution in [2.75, 3.05) is 5.73 Å². The van der Waals surface area contributed by atoms with Gasteiger partial charge >= 0.3 is 0 Å². The summed E-state index contributed by atoms with van der Waals surface area (Å²) in [6, 6.07) is 14.7. The minimum absolute atomic E-state index is 0.00678. The summed E-state index contributed by atoms with van der Waals surface area (Å²) >= 11 is 0. The maximum atomic E-state index is 7.43. The van der Waals surface area contributed by atoms with E-state index in [9.17, 15) is 0 Å². The van der Waals surface area contributed by atoms with Gasteiger partial charge in [0.05, 0.1) is 11.4 Å². The molecule has 27 heavy (non-hydrogen) atoms. The van der Waals surface area contributed by atoms with Crippen molar-refractivity contribution in [1.29, 1.82) is 5.41 Å². The number of nitrogens with two attached hydrogens (primary N) is 2. The van der Waals surface area contributed by atoms with E-state index in [0.717, 1.165) is 22.0 Å². The lowest BCUT2D eigenvalue weighted by atomic mass is 10.1. The molecule has 0 fully saturated rings. The molecule has 0 saturated heterocycles. The molecule has 8 nitrogen and oxygen atoms in total. The third-order valence-electron chi connectivity index (χ3n) is 4.15. The highest BCUT2D eigenvalue weighted by molar-refractivity contribution is 5.98. The number of benzene rings is 2. The van der Waals surface area contributed by atoms with Crippen LogP contribution < -0.4 is 11.5 Å². The molecule has 2 heterocycles. The number of nitrogen functional groups attached to an aromatic ring is 2. The van der Waals surface area contributed by atoms with Crippen LogP contribution in [-0.4, -0.2) is 21.0 Å². The highest BCUT2D eigenvalue weighted by Crippen LogP contribution is 2.34. The predicted octanol–water partition coefficient (Wildman–Crippen LogP) is 3.91. The summed E-state index contributed by atoms with van der Waals surface area (Å²) in [5.41, 5.74) is 15.1. The van der Waals surface area contributed by atoms with Crippen molar-refractivity contribution >= 4 is 33.8 Å². The largest absolute Gasteiger partial charge is 0.384 e. The first-order valence-corrected chi connectivity index (χ1v) is 8.16. The van der Waals surface area contributed by atoms with E-state index in [0.29, 0.717) is 22.8 Å². The number of amidine groups is 1. The number of pyridine rings is 1. The molecule has 0 bridgehead atoms. The minimum atomic E-state index is 0.00678. The molecule has 0 atom stereocenters. The van der Waals surface area contributed by atoms with Gasteiger partial charge in [0, 0.05) is 34.3 Å². The average Bonchev–Trinajstić information content (AvgIpc) is 3.22. The second-order valence-corrected chi connectivity index (χ2v) is 5.92. The minimum Gasteiger partial charge on any atom is -0.384 e. The summed E-state index contributed by atoms with van der Waals surface area (Å²) in [6.07, 6.45) is 3.41. The third kappa shape index (κ3) is 3.23. The lowest BCUT2D eigenvalue weighted by Crippen LogP contribution is -2.10. The SMILES string of the molecule is N=C(N)c1ccc(N=Nc2c(N)ncc3ccc(-c4ccn[nH]4)cc23)cc1. The van der Waals surface area contributed by atoms with E-state index in [1.807, 2.05) is 24.3 Å². The number of fused-ring (bicyclic) bond motifs is 1. The Bertz CT molecular complexity index is 1140. The molecule has 0 saturated carbocycles. The van der Waals surface area contributed by atoms with E-state index in [4.69, 9.17) is 16.9 Å². The Labute approximate surface area is 154 Å². The maximum Gasteiger partial charge on any atom is 0.151 e. The van der Waals surface area contributed by atoms with Gasteiger partial charge in [-0.3, -0.25) is 10.5 Å². The molecule has 0 amide bonds. The fraction of sp³-hybridized carbons (Fsp3) is 0. The number of aromatic amines is 1. The van der Waals surface area contributed by atoms with Crippen molar-refractivity contribution in [3.8, 4) is 11.3 Å². The Morgan fingerprint density at radius 1 is 1.04 bits per heavy atom. The lowest BCUT2D eigenvalue weighted by molar-refractivity contribution is 1.10. The van der Waals surface area contributed by atoms with Gasteiger partial charge in [-0.05, 0) is 36.4 Å². The molecule has 6 N–H and O–H groups in total. The highest BCUT2D eigenvalue weighted by Gasteiger charge is 2.09. The van der Waals surface area contributed by atoms with Gasteiger partial charge in [-0.25, -0.2) is 4.98 Å². The van der Waals surface area contributed by atoms with Crippen LogP contribution in [0, 0.1) is 5.41 Å². The molecule has 0 radical (unpaired) electrons. The zero-order valence-electron chi connectivity index (χ0n) is 14.2. The molecule has 0 aliphatic rings. The van der Waals surface area contributed by atoms with E-state index in [-0.39, 0.29) is 5.84 Å². The third-order valence-corrected chi connectivity index (χ3v) is 4.15. The van der Waals surface area contributed by atoms with E-state index >= 15 is 0 Å². The summed E-state index contributed by atoms with van der Waals surface area (Å²) in [6.45, 7) is 0.